The van der Waals surface area contributed by atoms with Crippen molar-refractivity contribution in [3.05, 3.63) is 83.4 Å². The Morgan fingerprint density at radius 2 is 1.66 bits per heavy atom. The summed E-state index contributed by atoms with van der Waals surface area (Å²) in [6, 6.07) is 16.4. The Labute approximate surface area is 170 Å². The Hall–Kier alpha value is -3.47. The van der Waals surface area contributed by atoms with Crippen LogP contribution in [0.15, 0.2) is 73.0 Å². The molecule has 0 bridgehead atoms. The van der Waals surface area contributed by atoms with Gasteiger partial charge in [-0.25, -0.2) is 4.84 Å². The molecule has 5 nitrogen and oxygen atoms in total. The molecule has 0 aliphatic rings. The number of nitrogens with one attached hydrogen (secondary N) is 1. The standard InChI is InChI=1S/C24H25N2O3/c1-16(2)24(25)29-21-10-12-23-20(15-21)9-8-19-14-18(7-11-22(19)23)6-5-13-28-26(27)17(3)4/h7-12,14-15,25H,1,3,5-6,13H2,2,4H3/q+1. The summed E-state index contributed by atoms with van der Waals surface area (Å²) in [5, 5.41) is 12.3. The molecule has 0 saturated carbocycles. The fourth-order valence-corrected chi connectivity index (χ4v) is 3.06. The molecule has 1 N–H and O–H groups in total. The summed E-state index contributed by atoms with van der Waals surface area (Å²) in [5.74, 6) is 0.700. The molecule has 0 radical (unpaired) electrons. The zero-order valence-corrected chi connectivity index (χ0v) is 16.8. The molecule has 0 fully saturated rings. The third-order valence-electron chi connectivity index (χ3n) is 4.61. The van der Waals surface area contributed by atoms with E-state index < -0.39 is 0 Å². The summed E-state index contributed by atoms with van der Waals surface area (Å²) in [7, 11) is 0. The quantitative estimate of drug-likeness (QED) is 0.166. The molecule has 0 saturated heterocycles. The van der Waals surface area contributed by atoms with E-state index in [1.54, 1.807) is 13.8 Å². The second-order valence-corrected chi connectivity index (χ2v) is 7.14. The lowest BCUT2D eigenvalue weighted by atomic mass is 9.98. The van der Waals surface area contributed by atoms with Gasteiger partial charge in [0.15, 0.2) is 6.61 Å². The van der Waals surface area contributed by atoms with Crippen molar-refractivity contribution in [3.8, 4) is 5.75 Å². The Balaban J connectivity index is 1.75. The Morgan fingerprint density at radius 3 is 2.31 bits per heavy atom. The molecule has 3 aromatic rings. The molecule has 0 aliphatic heterocycles. The van der Waals surface area contributed by atoms with Crippen LogP contribution in [0.4, 0.5) is 0 Å². The first-order chi connectivity index (χ1) is 13.8. The molecule has 0 amide bonds. The maximum atomic E-state index is 11.3. The molecule has 0 spiro atoms. The molecule has 29 heavy (non-hydrogen) atoms. The van der Waals surface area contributed by atoms with Crippen LogP contribution < -0.4 is 4.74 Å². The molecule has 0 aromatic heterocycles. The first-order valence-corrected chi connectivity index (χ1v) is 9.48. The molecule has 3 rings (SSSR count). The van der Waals surface area contributed by atoms with Gasteiger partial charge in [-0.3, -0.25) is 5.41 Å². The number of ether oxygens (including phenoxy) is 1. The lowest BCUT2D eigenvalue weighted by Gasteiger charge is -2.10. The van der Waals surface area contributed by atoms with Crippen molar-refractivity contribution in [2.75, 3.05) is 6.61 Å². The number of hydrogen-bond acceptors (Lipinski definition) is 4. The Kier molecular flexibility index (Phi) is 6.07. The van der Waals surface area contributed by atoms with Crippen molar-refractivity contribution >= 4 is 27.4 Å². The van der Waals surface area contributed by atoms with Crippen LogP contribution in [0.3, 0.4) is 0 Å². The third kappa shape index (κ3) is 4.88. The number of hydrogen-bond donors (Lipinski definition) is 1. The molecular weight excluding hydrogens is 364 g/mol. The van der Waals surface area contributed by atoms with E-state index in [4.69, 9.17) is 15.0 Å². The highest BCUT2D eigenvalue weighted by atomic mass is 16.8. The molecule has 0 aliphatic carbocycles. The number of fused-ring (bicyclic) bond motifs is 3. The van der Waals surface area contributed by atoms with Crippen LogP contribution in [0, 0.1) is 10.3 Å². The summed E-state index contributed by atoms with van der Waals surface area (Å²) in [4.78, 5) is 16.9. The molecule has 3 aromatic carbocycles. The lowest BCUT2D eigenvalue weighted by molar-refractivity contribution is -0.768. The monoisotopic (exact) mass is 389 g/mol. The minimum absolute atomic E-state index is 0.0714. The maximum Gasteiger partial charge on any atom is 0.283 e. The van der Waals surface area contributed by atoms with Crippen LogP contribution in [0.5, 0.6) is 5.75 Å². The van der Waals surface area contributed by atoms with Crippen molar-refractivity contribution < 1.29 is 14.5 Å². The normalized spacial score (nSPS) is 10.7. The maximum absolute atomic E-state index is 11.3. The van der Waals surface area contributed by atoms with Crippen LogP contribution >= 0.6 is 0 Å². The van der Waals surface area contributed by atoms with E-state index in [9.17, 15) is 4.91 Å². The van der Waals surface area contributed by atoms with Crippen molar-refractivity contribution in [2.45, 2.75) is 26.7 Å². The number of benzene rings is 3. The topological polar surface area (TPSA) is 62.4 Å². The van der Waals surface area contributed by atoms with Gasteiger partial charge in [0, 0.05) is 12.5 Å². The highest BCUT2D eigenvalue weighted by molar-refractivity contribution is 6.08. The fourth-order valence-electron chi connectivity index (χ4n) is 3.06. The highest BCUT2D eigenvalue weighted by Gasteiger charge is 2.11. The fraction of sp³-hybridized carbons (Fsp3) is 0.208. The zero-order chi connectivity index (χ0) is 21.0. The van der Waals surface area contributed by atoms with Crippen LogP contribution in [-0.2, 0) is 11.3 Å². The minimum Gasteiger partial charge on any atom is -0.439 e. The average molecular weight is 389 g/mol. The van der Waals surface area contributed by atoms with Gasteiger partial charge in [0.25, 0.3) is 10.6 Å². The van der Waals surface area contributed by atoms with Gasteiger partial charge in [0.2, 0.25) is 5.90 Å². The van der Waals surface area contributed by atoms with E-state index in [1.807, 2.05) is 18.2 Å². The highest BCUT2D eigenvalue weighted by Crippen LogP contribution is 2.29. The summed E-state index contributed by atoms with van der Waals surface area (Å²) in [6.45, 7) is 11.0. The first kappa shape index (κ1) is 20.3. The van der Waals surface area contributed by atoms with Crippen LogP contribution in [0.1, 0.15) is 25.8 Å². The van der Waals surface area contributed by atoms with Gasteiger partial charge < -0.3 is 4.74 Å². The average Bonchev–Trinajstić information content (AvgIpc) is 2.70. The van der Waals surface area contributed by atoms with E-state index in [1.165, 1.54) is 5.56 Å². The number of nitrogens with zero attached hydrogens (tertiary/aromatic N) is 1. The predicted octanol–water partition coefficient (Wildman–Crippen LogP) is 6.10. The van der Waals surface area contributed by atoms with Gasteiger partial charge in [-0.1, -0.05) is 43.0 Å². The largest absolute Gasteiger partial charge is 0.439 e. The van der Waals surface area contributed by atoms with E-state index in [0.29, 0.717) is 28.5 Å². The summed E-state index contributed by atoms with van der Waals surface area (Å²) in [6.07, 6.45) is 1.58. The molecule has 0 heterocycles. The molecule has 5 heteroatoms. The van der Waals surface area contributed by atoms with E-state index in [-0.39, 0.29) is 5.90 Å². The van der Waals surface area contributed by atoms with E-state index in [2.05, 4.69) is 43.5 Å². The van der Waals surface area contributed by atoms with Crippen LogP contribution in [-0.4, -0.2) is 17.4 Å². The van der Waals surface area contributed by atoms with E-state index in [0.717, 1.165) is 34.4 Å². The van der Waals surface area contributed by atoms with Gasteiger partial charge in [-0.05, 0) is 65.6 Å². The second-order valence-electron chi connectivity index (χ2n) is 7.14. The lowest BCUT2D eigenvalue weighted by Crippen LogP contribution is -2.07. The Bertz CT molecular complexity index is 1130. The van der Waals surface area contributed by atoms with Gasteiger partial charge in [-0.15, -0.1) is 0 Å². The van der Waals surface area contributed by atoms with Crippen molar-refractivity contribution in [3.63, 3.8) is 0 Å². The summed E-state index contributed by atoms with van der Waals surface area (Å²) in [5.41, 5.74) is 2.12. The van der Waals surface area contributed by atoms with Crippen LogP contribution in [0.2, 0.25) is 0 Å². The number of allylic oxidation sites excluding steroid dienone is 1. The predicted molar refractivity (Wildman–Crippen MR) is 117 cm³/mol. The molecule has 148 valence electrons. The first-order valence-electron chi connectivity index (χ1n) is 9.48. The van der Waals surface area contributed by atoms with Gasteiger partial charge in [0.05, 0.1) is 4.91 Å². The molecule has 0 atom stereocenters. The summed E-state index contributed by atoms with van der Waals surface area (Å²) >= 11 is 0. The second kappa shape index (κ2) is 8.69. The molecule has 0 unspecified atom stereocenters. The molecular formula is C24H25N2O3+. The number of aryl methyl sites for hydroxylation is 1. The number of rotatable bonds is 8. The Morgan fingerprint density at radius 1 is 1.00 bits per heavy atom. The van der Waals surface area contributed by atoms with Crippen LogP contribution in [0.25, 0.3) is 21.5 Å². The zero-order valence-electron chi connectivity index (χ0n) is 16.8. The van der Waals surface area contributed by atoms with Crippen molar-refractivity contribution in [1.82, 2.24) is 0 Å². The minimum atomic E-state index is 0.0714. The SMILES string of the molecule is C=C(C)C(=N)Oc1ccc2c(ccc3cc(CCCO[N+](=O)C(=C)C)ccc32)c1. The van der Waals surface area contributed by atoms with Gasteiger partial charge >= 0.3 is 0 Å². The van der Waals surface area contributed by atoms with Crippen molar-refractivity contribution in [2.24, 2.45) is 0 Å². The van der Waals surface area contributed by atoms with Gasteiger partial charge in [-0.2, -0.15) is 0 Å². The smallest absolute Gasteiger partial charge is 0.283 e. The van der Waals surface area contributed by atoms with Gasteiger partial charge in [0.1, 0.15) is 5.75 Å². The third-order valence-corrected chi connectivity index (χ3v) is 4.61. The summed E-state index contributed by atoms with van der Waals surface area (Å²) < 4.78 is 5.54. The van der Waals surface area contributed by atoms with E-state index >= 15 is 0 Å². The van der Waals surface area contributed by atoms with Crippen molar-refractivity contribution in [1.29, 1.82) is 5.41 Å².